The maximum absolute atomic E-state index is 12.9. The summed E-state index contributed by atoms with van der Waals surface area (Å²) in [6, 6.07) is 3.36. The van der Waals surface area contributed by atoms with E-state index in [-0.39, 0.29) is 0 Å². The average Bonchev–Trinajstić information content (AvgIpc) is 2.87. The molecule has 20 heavy (non-hydrogen) atoms. The first-order chi connectivity index (χ1) is 9.43. The molecule has 1 aromatic rings. The zero-order valence-electron chi connectivity index (χ0n) is 11.4. The molecule has 0 aromatic heterocycles. The molecule has 1 fully saturated rings. The summed E-state index contributed by atoms with van der Waals surface area (Å²) in [7, 11) is 1.42. The lowest BCUT2D eigenvalue weighted by molar-refractivity contribution is -0.172. The van der Waals surface area contributed by atoms with Gasteiger partial charge in [0, 0.05) is 6.42 Å². The van der Waals surface area contributed by atoms with Gasteiger partial charge in [-0.1, -0.05) is 13.3 Å². The first kappa shape index (κ1) is 15.1. The van der Waals surface area contributed by atoms with E-state index < -0.39 is 17.5 Å². The van der Waals surface area contributed by atoms with Crippen LogP contribution in [0.5, 0.6) is 5.75 Å². The Balaban J connectivity index is 2.51. The predicted molar refractivity (Wildman–Crippen MR) is 66.5 cm³/mol. The van der Waals surface area contributed by atoms with Crippen LogP contribution in [0.3, 0.4) is 0 Å². The van der Waals surface area contributed by atoms with Gasteiger partial charge in [0.1, 0.15) is 5.75 Å². The Kier molecular flexibility index (Phi) is 4.25. The standard InChI is InChI=1S/C14H17F3O3/c1-3-6-13(19-7-8-20-13)11-9-10(14(15,16)17)4-5-12(11)18-2/h4-5,9H,3,6-8H2,1-2H3. The molecular formula is C14H17F3O3. The van der Waals surface area contributed by atoms with Gasteiger partial charge in [0.25, 0.3) is 0 Å². The highest BCUT2D eigenvalue weighted by molar-refractivity contribution is 5.41. The number of hydrogen-bond acceptors (Lipinski definition) is 3. The first-order valence-corrected chi connectivity index (χ1v) is 6.46. The Hall–Kier alpha value is -1.27. The third-order valence-electron chi connectivity index (χ3n) is 3.27. The summed E-state index contributed by atoms with van der Waals surface area (Å²) in [6.45, 7) is 2.64. The van der Waals surface area contributed by atoms with E-state index in [9.17, 15) is 13.2 Å². The van der Waals surface area contributed by atoms with Crippen molar-refractivity contribution < 1.29 is 27.4 Å². The fourth-order valence-electron chi connectivity index (χ4n) is 2.40. The molecule has 0 amide bonds. The minimum absolute atomic E-state index is 0.300. The average molecular weight is 290 g/mol. The number of hydrogen-bond donors (Lipinski definition) is 0. The molecule has 1 saturated heterocycles. The summed E-state index contributed by atoms with van der Waals surface area (Å²) in [6.07, 6.45) is -3.21. The Morgan fingerprint density at radius 3 is 2.40 bits per heavy atom. The maximum Gasteiger partial charge on any atom is 0.416 e. The van der Waals surface area contributed by atoms with Crippen LogP contribution in [0.4, 0.5) is 13.2 Å². The van der Waals surface area contributed by atoms with Crippen LogP contribution in [-0.4, -0.2) is 20.3 Å². The first-order valence-electron chi connectivity index (χ1n) is 6.46. The molecule has 1 aromatic carbocycles. The molecule has 1 heterocycles. The van der Waals surface area contributed by atoms with Crippen molar-refractivity contribution in [1.29, 1.82) is 0 Å². The lowest BCUT2D eigenvalue weighted by atomic mass is 9.97. The van der Waals surface area contributed by atoms with Gasteiger partial charge in [0.15, 0.2) is 5.79 Å². The second-order valence-electron chi connectivity index (χ2n) is 4.61. The molecule has 0 atom stereocenters. The van der Waals surface area contributed by atoms with Crippen LogP contribution in [0.1, 0.15) is 30.9 Å². The minimum Gasteiger partial charge on any atom is -0.496 e. The number of ether oxygens (including phenoxy) is 3. The van der Waals surface area contributed by atoms with Gasteiger partial charge in [-0.05, 0) is 18.2 Å². The largest absolute Gasteiger partial charge is 0.496 e. The maximum atomic E-state index is 12.9. The molecule has 0 unspecified atom stereocenters. The zero-order chi connectivity index (χ0) is 14.8. The number of methoxy groups -OCH3 is 1. The van der Waals surface area contributed by atoms with Crippen LogP contribution in [0.15, 0.2) is 18.2 Å². The normalized spacial score (nSPS) is 18.2. The summed E-state index contributed by atoms with van der Waals surface area (Å²) in [4.78, 5) is 0. The lowest BCUT2D eigenvalue weighted by Crippen LogP contribution is -2.28. The van der Waals surface area contributed by atoms with Crippen molar-refractivity contribution in [3.63, 3.8) is 0 Å². The molecule has 0 bridgehead atoms. The van der Waals surface area contributed by atoms with Crippen LogP contribution in [0.25, 0.3) is 0 Å². The molecule has 2 rings (SSSR count). The predicted octanol–water partition coefficient (Wildman–Crippen LogP) is 3.71. The van der Waals surface area contributed by atoms with E-state index in [1.165, 1.54) is 13.2 Å². The highest BCUT2D eigenvalue weighted by Crippen LogP contribution is 2.43. The molecule has 1 aliphatic rings. The number of alkyl halides is 3. The van der Waals surface area contributed by atoms with E-state index in [1.54, 1.807) is 0 Å². The summed E-state index contributed by atoms with van der Waals surface area (Å²) < 4.78 is 55.0. The van der Waals surface area contributed by atoms with E-state index in [2.05, 4.69) is 0 Å². The van der Waals surface area contributed by atoms with Crippen molar-refractivity contribution in [2.45, 2.75) is 31.7 Å². The Morgan fingerprint density at radius 2 is 1.90 bits per heavy atom. The highest BCUT2D eigenvalue weighted by Gasteiger charge is 2.42. The SMILES string of the molecule is CCCC1(c2cc(C(F)(F)F)ccc2OC)OCCO1. The molecule has 1 aliphatic heterocycles. The van der Waals surface area contributed by atoms with Crippen molar-refractivity contribution in [1.82, 2.24) is 0 Å². The van der Waals surface area contributed by atoms with Crippen molar-refractivity contribution in [2.75, 3.05) is 20.3 Å². The molecular weight excluding hydrogens is 273 g/mol. The molecule has 0 saturated carbocycles. The van der Waals surface area contributed by atoms with Gasteiger partial charge < -0.3 is 14.2 Å². The van der Waals surface area contributed by atoms with Crippen LogP contribution in [-0.2, 0) is 21.4 Å². The number of halogens is 3. The van der Waals surface area contributed by atoms with Gasteiger partial charge in [-0.3, -0.25) is 0 Å². The van der Waals surface area contributed by atoms with Crippen LogP contribution < -0.4 is 4.74 Å². The van der Waals surface area contributed by atoms with Gasteiger partial charge in [0.2, 0.25) is 0 Å². The van der Waals surface area contributed by atoms with Crippen LogP contribution in [0, 0.1) is 0 Å². The smallest absolute Gasteiger partial charge is 0.416 e. The van der Waals surface area contributed by atoms with Crippen molar-refractivity contribution in [2.24, 2.45) is 0 Å². The van der Waals surface area contributed by atoms with E-state index in [1.807, 2.05) is 6.92 Å². The fourth-order valence-corrected chi connectivity index (χ4v) is 2.40. The highest BCUT2D eigenvalue weighted by atomic mass is 19.4. The van der Waals surface area contributed by atoms with Crippen molar-refractivity contribution >= 4 is 0 Å². The molecule has 0 spiro atoms. The summed E-state index contributed by atoms with van der Waals surface area (Å²) in [5, 5.41) is 0. The Morgan fingerprint density at radius 1 is 1.25 bits per heavy atom. The minimum atomic E-state index is -4.41. The lowest BCUT2D eigenvalue weighted by Gasteiger charge is -2.29. The summed E-state index contributed by atoms with van der Waals surface area (Å²) in [5.74, 6) is -0.796. The van der Waals surface area contributed by atoms with E-state index >= 15 is 0 Å². The van der Waals surface area contributed by atoms with Crippen molar-refractivity contribution in [3.8, 4) is 5.75 Å². The topological polar surface area (TPSA) is 27.7 Å². The Bertz CT molecular complexity index is 465. The van der Waals surface area contributed by atoms with E-state index in [0.29, 0.717) is 30.9 Å². The van der Waals surface area contributed by atoms with Crippen molar-refractivity contribution in [3.05, 3.63) is 29.3 Å². The van der Waals surface area contributed by atoms with Gasteiger partial charge in [-0.25, -0.2) is 0 Å². The van der Waals surface area contributed by atoms with Crippen LogP contribution in [0.2, 0.25) is 0 Å². The molecule has 3 nitrogen and oxygen atoms in total. The Labute approximate surface area is 115 Å². The van der Waals surface area contributed by atoms with Gasteiger partial charge in [-0.2, -0.15) is 13.2 Å². The van der Waals surface area contributed by atoms with Gasteiger partial charge in [0.05, 0.1) is 31.5 Å². The van der Waals surface area contributed by atoms with E-state index in [4.69, 9.17) is 14.2 Å². The van der Waals surface area contributed by atoms with E-state index in [0.717, 1.165) is 18.6 Å². The molecule has 0 radical (unpaired) electrons. The third kappa shape index (κ3) is 2.76. The molecule has 6 heteroatoms. The summed E-state index contributed by atoms with van der Waals surface area (Å²) in [5.41, 5.74) is -0.433. The summed E-state index contributed by atoms with van der Waals surface area (Å²) >= 11 is 0. The molecule has 0 N–H and O–H groups in total. The zero-order valence-corrected chi connectivity index (χ0v) is 11.4. The van der Waals surface area contributed by atoms with Gasteiger partial charge >= 0.3 is 6.18 Å². The fraction of sp³-hybridized carbons (Fsp3) is 0.571. The molecule has 0 aliphatic carbocycles. The third-order valence-corrected chi connectivity index (χ3v) is 3.27. The number of benzene rings is 1. The van der Waals surface area contributed by atoms with Gasteiger partial charge in [-0.15, -0.1) is 0 Å². The monoisotopic (exact) mass is 290 g/mol. The second kappa shape index (κ2) is 5.61. The quantitative estimate of drug-likeness (QED) is 0.846. The number of rotatable bonds is 4. The second-order valence-corrected chi connectivity index (χ2v) is 4.61. The molecule has 112 valence electrons. The van der Waals surface area contributed by atoms with Crippen LogP contribution >= 0.6 is 0 Å².